The molecule has 0 spiro atoms. The first-order valence-corrected chi connectivity index (χ1v) is 9.25. The normalized spacial score (nSPS) is 14.9. The molecule has 1 atom stereocenters. The molecule has 1 fully saturated rings. The second-order valence-corrected chi connectivity index (χ2v) is 7.17. The average Bonchev–Trinajstić information content (AvgIpc) is 2.94. The van der Waals surface area contributed by atoms with Gasteiger partial charge < -0.3 is 15.1 Å². The smallest absolute Gasteiger partial charge is 0.408 e. The van der Waals surface area contributed by atoms with E-state index in [1.807, 2.05) is 6.07 Å². The molecule has 1 aliphatic rings. The Bertz CT molecular complexity index is 1190. The number of hydrogen-bond acceptors (Lipinski definition) is 5. The van der Waals surface area contributed by atoms with E-state index < -0.39 is 17.6 Å². The molecule has 3 aromatic rings. The summed E-state index contributed by atoms with van der Waals surface area (Å²) in [6, 6.07) is 11.2. The van der Waals surface area contributed by atoms with Gasteiger partial charge in [-0.05, 0) is 34.9 Å². The first-order valence-electron chi connectivity index (χ1n) is 9.25. The molecule has 2 heterocycles. The fourth-order valence-corrected chi connectivity index (χ4v) is 3.31. The first kappa shape index (κ1) is 18.9. The van der Waals surface area contributed by atoms with Crippen LogP contribution in [0, 0.1) is 23.1 Å². The van der Waals surface area contributed by atoms with Gasteiger partial charge in [-0.15, -0.1) is 0 Å². The van der Waals surface area contributed by atoms with Crippen LogP contribution in [-0.2, 0) is 18.3 Å². The van der Waals surface area contributed by atoms with Crippen molar-refractivity contribution in [2.75, 3.05) is 13.1 Å². The van der Waals surface area contributed by atoms with E-state index in [1.165, 1.54) is 10.6 Å². The number of carbonyl (C=O) groups excluding carboxylic acids is 1. The minimum absolute atomic E-state index is 0.0871. The summed E-state index contributed by atoms with van der Waals surface area (Å²) >= 11 is 0. The Labute approximate surface area is 165 Å². The van der Waals surface area contributed by atoms with Crippen LogP contribution in [-0.4, -0.2) is 29.6 Å². The van der Waals surface area contributed by atoms with Crippen LogP contribution in [0.1, 0.15) is 5.56 Å². The zero-order valence-corrected chi connectivity index (χ0v) is 15.7. The van der Waals surface area contributed by atoms with E-state index in [4.69, 9.17) is 4.42 Å². The highest BCUT2D eigenvalue weighted by Gasteiger charge is 2.27. The summed E-state index contributed by atoms with van der Waals surface area (Å²) in [5, 5.41) is 15.0. The molecule has 1 amide bonds. The average molecular weight is 394 g/mol. The molecule has 4 rings (SSSR count). The van der Waals surface area contributed by atoms with Gasteiger partial charge in [-0.3, -0.25) is 9.36 Å². The molecule has 0 bridgehead atoms. The number of carbonyl (C=O) groups is 1. The second kappa shape index (κ2) is 7.53. The minimum Gasteiger partial charge on any atom is -0.408 e. The number of oxazole rings is 1. The largest absolute Gasteiger partial charge is 0.419 e. The highest BCUT2D eigenvalue weighted by molar-refractivity contribution is 5.81. The summed E-state index contributed by atoms with van der Waals surface area (Å²) in [5.41, 5.74) is 2.81. The fraction of sp³-hybridized carbons (Fsp3) is 0.286. The molecule has 0 aliphatic carbocycles. The van der Waals surface area contributed by atoms with E-state index in [9.17, 15) is 19.2 Å². The lowest BCUT2D eigenvalue weighted by molar-refractivity contribution is -0.126. The molecular formula is C21H19FN4O3. The number of nitrogens with zero attached hydrogens (tertiary/aromatic N) is 2. The van der Waals surface area contributed by atoms with Crippen LogP contribution in [0.15, 0.2) is 45.6 Å². The van der Waals surface area contributed by atoms with Crippen molar-refractivity contribution in [3.8, 4) is 17.2 Å². The van der Waals surface area contributed by atoms with Crippen LogP contribution in [0.4, 0.5) is 4.39 Å². The number of fused-ring (bicyclic) bond motifs is 1. The van der Waals surface area contributed by atoms with Crippen molar-refractivity contribution in [3.63, 3.8) is 0 Å². The van der Waals surface area contributed by atoms with Crippen LogP contribution in [0.5, 0.6) is 0 Å². The monoisotopic (exact) mass is 394 g/mol. The third kappa shape index (κ3) is 3.65. The Kier molecular flexibility index (Phi) is 4.91. The van der Waals surface area contributed by atoms with E-state index in [1.54, 1.807) is 37.4 Å². The number of aryl methyl sites for hydroxylation is 1. The maximum atomic E-state index is 14.7. The molecule has 0 saturated carbocycles. The summed E-state index contributed by atoms with van der Waals surface area (Å²) in [5.74, 6) is -1.23. The highest BCUT2D eigenvalue weighted by Crippen LogP contribution is 2.26. The van der Waals surface area contributed by atoms with Gasteiger partial charge in [-0.25, -0.2) is 9.18 Å². The standard InChI is InChI=1S/C21H19FN4O3/c1-26-18-8-13(4-5-19(18)29-21(26)28)12-2-3-14(17(22)7-12)6-16(9-23)25-20(27)15-10-24-11-15/h2-5,7-8,15-16,24H,6,10-11H2,1H3,(H,25,27). The van der Waals surface area contributed by atoms with Gasteiger partial charge in [0.25, 0.3) is 0 Å². The van der Waals surface area contributed by atoms with E-state index in [-0.39, 0.29) is 18.2 Å². The van der Waals surface area contributed by atoms with Crippen molar-refractivity contribution < 1.29 is 13.6 Å². The molecule has 1 aromatic heterocycles. The molecular weight excluding hydrogens is 375 g/mol. The van der Waals surface area contributed by atoms with E-state index in [2.05, 4.69) is 10.6 Å². The summed E-state index contributed by atoms with van der Waals surface area (Å²) in [4.78, 5) is 23.7. The number of rotatable bonds is 5. The Balaban J connectivity index is 1.54. The van der Waals surface area contributed by atoms with Crippen molar-refractivity contribution in [3.05, 3.63) is 58.3 Å². The number of benzene rings is 2. The van der Waals surface area contributed by atoms with Gasteiger partial charge >= 0.3 is 5.76 Å². The van der Waals surface area contributed by atoms with Crippen LogP contribution in [0.2, 0.25) is 0 Å². The second-order valence-electron chi connectivity index (χ2n) is 7.17. The number of hydrogen-bond donors (Lipinski definition) is 2. The van der Waals surface area contributed by atoms with Gasteiger partial charge in [0.1, 0.15) is 11.9 Å². The summed E-state index contributed by atoms with van der Waals surface area (Å²) in [6.07, 6.45) is 0.0871. The quantitative estimate of drug-likeness (QED) is 0.686. The third-order valence-corrected chi connectivity index (χ3v) is 5.23. The van der Waals surface area contributed by atoms with E-state index in [0.717, 1.165) is 5.56 Å². The summed E-state index contributed by atoms with van der Waals surface area (Å²) in [7, 11) is 1.61. The number of nitriles is 1. The van der Waals surface area contributed by atoms with E-state index in [0.29, 0.717) is 35.3 Å². The van der Waals surface area contributed by atoms with Gasteiger partial charge in [0.15, 0.2) is 5.58 Å². The topological polar surface area (TPSA) is 100 Å². The Morgan fingerprint density at radius 2 is 2.07 bits per heavy atom. The lowest BCUT2D eigenvalue weighted by atomic mass is 9.98. The van der Waals surface area contributed by atoms with Gasteiger partial charge in [-0.2, -0.15) is 5.26 Å². The number of nitrogens with one attached hydrogen (secondary N) is 2. The van der Waals surface area contributed by atoms with Crippen LogP contribution < -0.4 is 16.4 Å². The summed E-state index contributed by atoms with van der Waals surface area (Å²) in [6.45, 7) is 1.19. The molecule has 1 saturated heterocycles. The molecule has 0 radical (unpaired) electrons. The predicted molar refractivity (Wildman–Crippen MR) is 104 cm³/mol. The molecule has 7 nitrogen and oxygen atoms in total. The predicted octanol–water partition coefficient (Wildman–Crippen LogP) is 1.71. The van der Waals surface area contributed by atoms with Crippen molar-refractivity contribution in [1.82, 2.24) is 15.2 Å². The van der Waals surface area contributed by atoms with Crippen molar-refractivity contribution in [1.29, 1.82) is 5.26 Å². The van der Waals surface area contributed by atoms with E-state index >= 15 is 0 Å². The minimum atomic E-state index is -0.791. The molecule has 2 N–H and O–H groups in total. The Morgan fingerprint density at radius 1 is 1.34 bits per heavy atom. The lowest BCUT2D eigenvalue weighted by Gasteiger charge is -2.26. The SMILES string of the molecule is Cn1c(=O)oc2ccc(-c3ccc(CC(C#N)NC(=O)C4CNC4)c(F)c3)cc21. The van der Waals surface area contributed by atoms with Crippen LogP contribution in [0.25, 0.3) is 22.2 Å². The molecule has 29 heavy (non-hydrogen) atoms. The van der Waals surface area contributed by atoms with Crippen molar-refractivity contribution >= 4 is 17.0 Å². The maximum absolute atomic E-state index is 14.7. The zero-order chi connectivity index (χ0) is 20.5. The van der Waals surface area contributed by atoms with Crippen molar-refractivity contribution in [2.45, 2.75) is 12.5 Å². The number of halogens is 1. The van der Waals surface area contributed by atoms with Gasteiger partial charge in [0.05, 0.1) is 17.5 Å². The molecule has 2 aromatic carbocycles. The number of aromatic nitrogens is 1. The number of amides is 1. The summed E-state index contributed by atoms with van der Waals surface area (Å²) < 4.78 is 21.2. The molecule has 1 aliphatic heterocycles. The van der Waals surface area contributed by atoms with Gasteiger partial charge in [0.2, 0.25) is 5.91 Å². The Morgan fingerprint density at radius 3 is 2.72 bits per heavy atom. The Hall–Kier alpha value is -3.44. The van der Waals surface area contributed by atoms with Crippen LogP contribution >= 0.6 is 0 Å². The zero-order valence-electron chi connectivity index (χ0n) is 15.7. The van der Waals surface area contributed by atoms with Crippen LogP contribution in [0.3, 0.4) is 0 Å². The highest BCUT2D eigenvalue weighted by atomic mass is 19.1. The fourth-order valence-electron chi connectivity index (χ4n) is 3.31. The van der Waals surface area contributed by atoms with Gasteiger partial charge in [-0.1, -0.05) is 18.2 Å². The molecule has 148 valence electrons. The molecule has 8 heteroatoms. The lowest BCUT2D eigenvalue weighted by Crippen LogP contribution is -2.52. The first-order chi connectivity index (χ1) is 14.0. The van der Waals surface area contributed by atoms with Gasteiger partial charge in [0, 0.05) is 26.6 Å². The molecule has 1 unspecified atom stereocenters. The van der Waals surface area contributed by atoms with Crippen molar-refractivity contribution in [2.24, 2.45) is 13.0 Å². The maximum Gasteiger partial charge on any atom is 0.419 e. The third-order valence-electron chi connectivity index (χ3n) is 5.23.